The molecule has 5 nitrogen and oxygen atoms in total. The predicted molar refractivity (Wildman–Crippen MR) is 133 cm³/mol. The maximum absolute atomic E-state index is 13.4. The van der Waals surface area contributed by atoms with Crippen molar-refractivity contribution in [3.05, 3.63) is 40.3 Å². The van der Waals surface area contributed by atoms with Gasteiger partial charge in [-0.2, -0.15) is 0 Å². The first kappa shape index (κ1) is 23.4. The molecule has 2 heterocycles. The zero-order valence-electron chi connectivity index (χ0n) is 20.1. The number of para-hydroxylation sites is 2. The monoisotopic (exact) mass is 438 g/mol. The molecule has 0 bridgehead atoms. The van der Waals surface area contributed by atoms with Crippen LogP contribution in [-0.2, 0) is 13.0 Å². The first-order chi connectivity index (χ1) is 15.5. The molecule has 1 aliphatic heterocycles. The maximum Gasteiger partial charge on any atom is 0.272 e. The summed E-state index contributed by atoms with van der Waals surface area (Å²) in [5.41, 5.74) is 8.96. The second-order valence-electron chi connectivity index (χ2n) is 10.4. The van der Waals surface area contributed by atoms with E-state index in [9.17, 15) is 4.79 Å². The fourth-order valence-electron chi connectivity index (χ4n) is 6.05. The van der Waals surface area contributed by atoms with E-state index >= 15 is 0 Å². The summed E-state index contributed by atoms with van der Waals surface area (Å²) in [7, 11) is 0. The van der Waals surface area contributed by atoms with Gasteiger partial charge in [0.1, 0.15) is 5.69 Å². The van der Waals surface area contributed by atoms with Crippen molar-refractivity contribution in [2.45, 2.75) is 109 Å². The van der Waals surface area contributed by atoms with E-state index in [1.807, 2.05) is 28.8 Å². The van der Waals surface area contributed by atoms with Crippen LogP contribution in [0.2, 0.25) is 0 Å². The third-order valence-corrected chi connectivity index (χ3v) is 7.90. The Balaban J connectivity index is 1.41. The van der Waals surface area contributed by atoms with Crippen molar-refractivity contribution in [1.29, 1.82) is 0 Å². The van der Waals surface area contributed by atoms with Crippen LogP contribution in [0.25, 0.3) is 11.0 Å². The number of hydrogen-bond acceptors (Lipinski definition) is 4. The first-order valence-electron chi connectivity index (χ1n) is 13.0. The largest absolute Gasteiger partial charge is 0.328 e. The predicted octanol–water partition coefficient (Wildman–Crippen LogP) is 4.89. The summed E-state index contributed by atoms with van der Waals surface area (Å²) in [6.07, 6.45) is 12.7. The molecule has 1 aliphatic carbocycles. The van der Waals surface area contributed by atoms with E-state index < -0.39 is 0 Å². The van der Waals surface area contributed by atoms with Crippen LogP contribution in [0.4, 0.5) is 0 Å². The number of aromatic nitrogens is 2. The second kappa shape index (κ2) is 10.9. The van der Waals surface area contributed by atoms with Crippen LogP contribution in [0.15, 0.2) is 29.1 Å². The number of likely N-dealkylation sites (tertiary alicyclic amines) is 1. The van der Waals surface area contributed by atoms with Gasteiger partial charge in [0.05, 0.1) is 11.0 Å². The van der Waals surface area contributed by atoms with E-state index in [-0.39, 0.29) is 11.6 Å². The number of nitrogens with zero attached hydrogens (tertiary/aromatic N) is 3. The summed E-state index contributed by atoms with van der Waals surface area (Å²) in [4.78, 5) is 20.9. The molecule has 2 unspecified atom stereocenters. The highest BCUT2D eigenvalue weighted by atomic mass is 16.1. The lowest BCUT2D eigenvalue weighted by molar-refractivity contribution is 0.101. The van der Waals surface area contributed by atoms with Gasteiger partial charge in [-0.1, -0.05) is 31.4 Å². The van der Waals surface area contributed by atoms with Gasteiger partial charge >= 0.3 is 0 Å². The van der Waals surface area contributed by atoms with Crippen LogP contribution < -0.4 is 11.3 Å². The quantitative estimate of drug-likeness (QED) is 0.596. The minimum Gasteiger partial charge on any atom is -0.328 e. The van der Waals surface area contributed by atoms with Gasteiger partial charge in [-0.05, 0) is 89.8 Å². The number of hydrogen-bond donors (Lipinski definition) is 1. The molecule has 32 heavy (non-hydrogen) atoms. The molecule has 0 radical (unpaired) electrons. The van der Waals surface area contributed by atoms with Gasteiger partial charge in [-0.25, -0.2) is 4.98 Å². The molecule has 1 saturated heterocycles. The minimum absolute atomic E-state index is 0.112. The lowest BCUT2D eigenvalue weighted by Crippen LogP contribution is -2.44. The lowest BCUT2D eigenvalue weighted by Gasteiger charge is -2.39. The number of fused-ring (bicyclic) bond motifs is 1. The van der Waals surface area contributed by atoms with Crippen LogP contribution in [-0.4, -0.2) is 39.1 Å². The standard InChI is InChI=1S/C27H42N4O/c1-20-10-8-11-21(2)30(20)16-6-3-7-17-31-26-15-5-4-14-24(26)29-25(27(31)32)19-22-12-9-13-23(28)18-22/h4-5,14-15,20-23H,3,6-13,16-19,28H2,1-2H3/t20-,21+,22?,23?. The number of benzene rings is 1. The second-order valence-corrected chi connectivity index (χ2v) is 10.4. The highest BCUT2D eigenvalue weighted by Crippen LogP contribution is 2.26. The summed E-state index contributed by atoms with van der Waals surface area (Å²) in [6.45, 7) is 6.71. The fraction of sp³-hybridized carbons (Fsp3) is 0.704. The normalized spacial score (nSPS) is 27.1. The van der Waals surface area contributed by atoms with Crippen LogP contribution in [0, 0.1) is 5.92 Å². The Labute approximate surface area is 193 Å². The Morgan fingerprint density at radius 1 is 0.969 bits per heavy atom. The zero-order chi connectivity index (χ0) is 22.5. The van der Waals surface area contributed by atoms with Crippen molar-refractivity contribution >= 4 is 11.0 Å². The third-order valence-electron chi connectivity index (χ3n) is 7.90. The van der Waals surface area contributed by atoms with Crippen molar-refractivity contribution in [2.24, 2.45) is 11.7 Å². The molecule has 2 fully saturated rings. The van der Waals surface area contributed by atoms with Crippen LogP contribution in [0.1, 0.15) is 83.7 Å². The van der Waals surface area contributed by atoms with Crippen LogP contribution in [0.3, 0.4) is 0 Å². The third kappa shape index (κ3) is 5.60. The molecule has 4 atom stereocenters. The van der Waals surface area contributed by atoms with Crippen molar-refractivity contribution in [3.63, 3.8) is 0 Å². The summed E-state index contributed by atoms with van der Waals surface area (Å²) < 4.78 is 1.99. The molecular weight excluding hydrogens is 396 g/mol. The number of unbranched alkanes of at least 4 members (excludes halogenated alkanes) is 2. The maximum atomic E-state index is 13.4. The summed E-state index contributed by atoms with van der Waals surface area (Å²) in [5.74, 6) is 0.488. The highest BCUT2D eigenvalue weighted by molar-refractivity contribution is 5.74. The molecule has 0 spiro atoms. The molecule has 5 heteroatoms. The van der Waals surface area contributed by atoms with Gasteiger partial charge in [0.2, 0.25) is 0 Å². The smallest absolute Gasteiger partial charge is 0.272 e. The van der Waals surface area contributed by atoms with Gasteiger partial charge in [-0.3, -0.25) is 9.69 Å². The number of aryl methyl sites for hydroxylation is 1. The summed E-state index contributed by atoms with van der Waals surface area (Å²) >= 11 is 0. The average Bonchev–Trinajstić information content (AvgIpc) is 2.77. The molecule has 1 aromatic heterocycles. The minimum atomic E-state index is 0.112. The Morgan fingerprint density at radius 2 is 1.69 bits per heavy atom. The number of piperidine rings is 1. The molecule has 2 N–H and O–H groups in total. The van der Waals surface area contributed by atoms with Crippen molar-refractivity contribution in [1.82, 2.24) is 14.5 Å². The summed E-state index contributed by atoms with van der Waals surface area (Å²) in [5, 5.41) is 0. The molecule has 0 amide bonds. The van der Waals surface area contributed by atoms with Crippen molar-refractivity contribution in [3.8, 4) is 0 Å². The van der Waals surface area contributed by atoms with Gasteiger partial charge in [0.15, 0.2) is 0 Å². The number of nitrogens with two attached hydrogens (primary N) is 1. The molecule has 2 aromatic rings. The van der Waals surface area contributed by atoms with E-state index in [1.54, 1.807) is 0 Å². The fourth-order valence-corrected chi connectivity index (χ4v) is 6.05. The number of rotatable bonds is 8. The van der Waals surface area contributed by atoms with Crippen molar-refractivity contribution < 1.29 is 0 Å². The van der Waals surface area contributed by atoms with E-state index in [0.717, 1.165) is 61.8 Å². The molecule has 1 aromatic carbocycles. The van der Waals surface area contributed by atoms with Gasteiger partial charge < -0.3 is 10.3 Å². The summed E-state index contributed by atoms with van der Waals surface area (Å²) in [6, 6.07) is 9.81. The van der Waals surface area contributed by atoms with Gasteiger partial charge in [0.25, 0.3) is 5.56 Å². The molecular formula is C27H42N4O. The van der Waals surface area contributed by atoms with E-state index in [4.69, 9.17) is 10.7 Å². The molecule has 2 aliphatic rings. The van der Waals surface area contributed by atoms with Gasteiger partial charge in [0, 0.05) is 24.7 Å². The zero-order valence-corrected chi connectivity index (χ0v) is 20.1. The first-order valence-corrected chi connectivity index (χ1v) is 13.0. The Bertz CT molecular complexity index is 929. The Morgan fingerprint density at radius 3 is 2.47 bits per heavy atom. The molecule has 1 saturated carbocycles. The highest BCUT2D eigenvalue weighted by Gasteiger charge is 2.24. The van der Waals surface area contributed by atoms with Gasteiger partial charge in [-0.15, -0.1) is 0 Å². The molecule has 4 rings (SSSR count). The van der Waals surface area contributed by atoms with Crippen molar-refractivity contribution in [2.75, 3.05) is 6.54 Å². The Hall–Kier alpha value is -1.72. The van der Waals surface area contributed by atoms with Crippen LogP contribution in [0.5, 0.6) is 0 Å². The van der Waals surface area contributed by atoms with E-state index in [2.05, 4.69) is 18.7 Å². The Kier molecular flexibility index (Phi) is 8.01. The lowest BCUT2D eigenvalue weighted by atomic mass is 9.83. The SMILES string of the molecule is C[C@@H]1CCC[C@H](C)N1CCCCCn1c(=O)c(CC2CCCC(N)C2)nc2ccccc21. The topological polar surface area (TPSA) is 64.2 Å². The average molecular weight is 439 g/mol. The van der Waals surface area contributed by atoms with Crippen LogP contribution >= 0.6 is 0 Å². The van der Waals surface area contributed by atoms with E-state index in [0.29, 0.717) is 18.0 Å². The van der Waals surface area contributed by atoms with E-state index in [1.165, 1.54) is 38.6 Å². The molecule has 176 valence electrons.